The van der Waals surface area contributed by atoms with Crippen molar-refractivity contribution < 1.29 is 9.47 Å². The van der Waals surface area contributed by atoms with Gasteiger partial charge in [-0.1, -0.05) is 20.3 Å². The molecule has 0 aliphatic carbocycles. The van der Waals surface area contributed by atoms with Gasteiger partial charge >= 0.3 is 0 Å². The van der Waals surface area contributed by atoms with Crippen molar-refractivity contribution in [3.8, 4) is 5.88 Å². The predicted molar refractivity (Wildman–Crippen MR) is 86.0 cm³/mol. The summed E-state index contributed by atoms with van der Waals surface area (Å²) < 4.78 is 11.2. The van der Waals surface area contributed by atoms with Gasteiger partial charge in [0.1, 0.15) is 11.6 Å². The number of anilines is 1. The van der Waals surface area contributed by atoms with Crippen LogP contribution in [0.4, 0.5) is 5.82 Å². The molecular formula is C16H29N3O2. The van der Waals surface area contributed by atoms with Crippen LogP contribution in [0, 0.1) is 0 Å². The molecule has 0 saturated carbocycles. The molecule has 1 aromatic heterocycles. The van der Waals surface area contributed by atoms with Crippen molar-refractivity contribution in [2.24, 2.45) is 0 Å². The maximum absolute atomic E-state index is 5.67. The fraction of sp³-hybridized carbons (Fsp3) is 0.750. The molecular weight excluding hydrogens is 266 g/mol. The van der Waals surface area contributed by atoms with Gasteiger partial charge in [-0.05, 0) is 26.7 Å². The standard InChI is InChI=1S/C16H29N3O2/c1-5-7-10-21-16-12-15(18-14(6-2)19-16)17-9-8-11-20-13(3)4/h12-13H,5-11H2,1-4H3,(H,17,18,19). The van der Waals surface area contributed by atoms with E-state index in [1.54, 1.807) is 0 Å². The fourth-order valence-electron chi connectivity index (χ4n) is 1.72. The van der Waals surface area contributed by atoms with Crippen molar-refractivity contribution in [2.45, 2.75) is 59.5 Å². The number of hydrogen-bond donors (Lipinski definition) is 1. The largest absolute Gasteiger partial charge is 0.478 e. The third kappa shape index (κ3) is 7.85. The minimum atomic E-state index is 0.286. The molecule has 1 rings (SSSR count). The van der Waals surface area contributed by atoms with Crippen molar-refractivity contribution in [3.63, 3.8) is 0 Å². The first-order chi connectivity index (χ1) is 10.2. The molecule has 0 bridgehead atoms. The quantitative estimate of drug-likeness (QED) is 0.634. The summed E-state index contributed by atoms with van der Waals surface area (Å²) in [6.07, 6.45) is 4.20. The van der Waals surface area contributed by atoms with Gasteiger partial charge in [0.15, 0.2) is 0 Å². The van der Waals surface area contributed by atoms with E-state index in [0.717, 1.165) is 50.5 Å². The van der Waals surface area contributed by atoms with Gasteiger partial charge in [-0.25, -0.2) is 4.98 Å². The molecule has 120 valence electrons. The number of unbranched alkanes of at least 4 members (excludes halogenated alkanes) is 1. The van der Waals surface area contributed by atoms with Crippen molar-refractivity contribution in [1.82, 2.24) is 9.97 Å². The van der Waals surface area contributed by atoms with Crippen LogP contribution in [0.25, 0.3) is 0 Å². The van der Waals surface area contributed by atoms with Crippen LogP contribution in [-0.4, -0.2) is 35.8 Å². The summed E-state index contributed by atoms with van der Waals surface area (Å²) in [4.78, 5) is 8.86. The van der Waals surface area contributed by atoms with Crippen LogP contribution in [0.5, 0.6) is 5.88 Å². The number of rotatable bonds is 11. The molecule has 5 heteroatoms. The molecule has 0 aliphatic rings. The molecule has 1 heterocycles. The Kier molecular flexibility index (Phi) is 8.74. The van der Waals surface area contributed by atoms with E-state index in [9.17, 15) is 0 Å². The highest BCUT2D eigenvalue weighted by Crippen LogP contribution is 2.14. The van der Waals surface area contributed by atoms with Crippen LogP contribution in [0.15, 0.2) is 6.07 Å². The highest BCUT2D eigenvalue weighted by atomic mass is 16.5. The van der Waals surface area contributed by atoms with E-state index < -0.39 is 0 Å². The minimum absolute atomic E-state index is 0.286. The van der Waals surface area contributed by atoms with E-state index in [-0.39, 0.29) is 6.10 Å². The number of nitrogens with one attached hydrogen (secondary N) is 1. The Labute approximate surface area is 128 Å². The zero-order valence-electron chi connectivity index (χ0n) is 13.8. The van der Waals surface area contributed by atoms with E-state index in [2.05, 4.69) is 22.2 Å². The van der Waals surface area contributed by atoms with Crippen LogP contribution >= 0.6 is 0 Å². The van der Waals surface area contributed by atoms with E-state index >= 15 is 0 Å². The first-order valence-corrected chi connectivity index (χ1v) is 8.01. The van der Waals surface area contributed by atoms with Gasteiger partial charge in [0.25, 0.3) is 0 Å². The van der Waals surface area contributed by atoms with Crippen LogP contribution in [-0.2, 0) is 11.2 Å². The second kappa shape index (κ2) is 10.4. The first-order valence-electron chi connectivity index (χ1n) is 8.01. The second-order valence-electron chi connectivity index (χ2n) is 5.26. The van der Waals surface area contributed by atoms with Crippen molar-refractivity contribution in [1.29, 1.82) is 0 Å². The molecule has 0 fully saturated rings. The van der Waals surface area contributed by atoms with Gasteiger partial charge in [0.05, 0.1) is 12.7 Å². The van der Waals surface area contributed by atoms with Crippen molar-refractivity contribution in [3.05, 3.63) is 11.9 Å². The molecule has 0 saturated heterocycles. The molecule has 0 radical (unpaired) electrons. The lowest BCUT2D eigenvalue weighted by atomic mass is 10.3. The molecule has 0 unspecified atom stereocenters. The number of nitrogens with zero attached hydrogens (tertiary/aromatic N) is 2. The third-order valence-corrected chi connectivity index (χ3v) is 2.89. The number of aromatic nitrogens is 2. The Morgan fingerprint density at radius 1 is 1.14 bits per heavy atom. The molecule has 5 nitrogen and oxygen atoms in total. The normalized spacial score (nSPS) is 10.9. The third-order valence-electron chi connectivity index (χ3n) is 2.89. The van der Waals surface area contributed by atoms with E-state index in [1.807, 2.05) is 26.8 Å². The Morgan fingerprint density at radius 2 is 1.95 bits per heavy atom. The first kappa shape index (κ1) is 17.7. The van der Waals surface area contributed by atoms with Gasteiger partial charge < -0.3 is 14.8 Å². The maximum atomic E-state index is 5.67. The molecule has 0 amide bonds. The molecule has 0 spiro atoms. The molecule has 0 aliphatic heterocycles. The highest BCUT2D eigenvalue weighted by molar-refractivity contribution is 5.38. The Bertz CT molecular complexity index is 397. The summed E-state index contributed by atoms with van der Waals surface area (Å²) in [7, 11) is 0. The molecule has 21 heavy (non-hydrogen) atoms. The Morgan fingerprint density at radius 3 is 2.62 bits per heavy atom. The molecule has 1 aromatic rings. The van der Waals surface area contributed by atoms with E-state index in [0.29, 0.717) is 12.5 Å². The smallest absolute Gasteiger partial charge is 0.218 e. The lowest BCUT2D eigenvalue weighted by Crippen LogP contribution is -2.11. The van der Waals surface area contributed by atoms with Gasteiger partial charge in [-0.3, -0.25) is 0 Å². The Balaban J connectivity index is 2.46. The maximum Gasteiger partial charge on any atom is 0.218 e. The van der Waals surface area contributed by atoms with Crippen molar-refractivity contribution in [2.75, 3.05) is 25.1 Å². The summed E-state index contributed by atoms with van der Waals surface area (Å²) in [6.45, 7) is 10.6. The van der Waals surface area contributed by atoms with Gasteiger partial charge in [0.2, 0.25) is 5.88 Å². The average molecular weight is 295 g/mol. The summed E-state index contributed by atoms with van der Waals surface area (Å²) in [5, 5.41) is 3.31. The molecule has 0 atom stereocenters. The van der Waals surface area contributed by atoms with E-state index in [1.165, 1.54) is 0 Å². The number of hydrogen-bond acceptors (Lipinski definition) is 5. The van der Waals surface area contributed by atoms with Crippen LogP contribution in [0.2, 0.25) is 0 Å². The number of aryl methyl sites for hydroxylation is 1. The van der Waals surface area contributed by atoms with Crippen molar-refractivity contribution >= 4 is 5.82 Å². The summed E-state index contributed by atoms with van der Waals surface area (Å²) in [6, 6.07) is 1.87. The molecule has 0 aromatic carbocycles. The van der Waals surface area contributed by atoms with Crippen LogP contribution in [0.3, 0.4) is 0 Å². The van der Waals surface area contributed by atoms with Crippen LogP contribution < -0.4 is 10.1 Å². The SMILES string of the molecule is CCCCOc1cc(NCCCOC(C)C)nc(CC)n1. The van der Waals surface area contributed by atoms with Gasteiger partial charge in [-0.15, -0.1) is 0 Å². The monoisotopic (exact) mass is 295 g/mol. The lowest BCUT2D eigenvalue weighted by molar-refractivity contribution is 0.0787. The number of ether oxygens (including phenoxy) is 2. The summed E-state index contributed by atoms with van der Waals surface area (Å²) in [5.74, 6) is 2.30. The predicted octanol–water partition coefficient (Wildman–Crippen LogP) is 3.44. The average Bonchev–Trinajstić information content (AvgIpc) is 2.46. The van der Waals surface area contributed by atoms with Gasteiger partial charge in [-0.2, -0.15) is 4.98 Å². The Hall–Kier alpha value is -1.36. The highest BCUT2D eigenvalue weighted by Gasteiger charge is 2.04. The fourth-order valence-corrected chi connectivity index (χ4v) is 1.72. The van der Waals surface area contributed by atoms with Gasteiger partial charge in [0, 0.05) is 25.6 Å². The zero-order chi connectivity index (χ0) is 15.5. The lowest BCUT2D eigenvalue weighted by Gasteiger charge is -2.11. The zero-order valence-corrected chi connectivity index (χ0v) is 13.8. The van der Waals surface area contributed by atoms with E-state index in [4.69, 9.17) is 9.47 Å². The topological polar surface area (TPSA) is 56.3 Å². The van der Waals surface area contributed by atoms with Crippen LogP contribution in [0.1, 0.15) is 52.8 Å². The summed E-state index contributed by atoms with van der Waals surface area (Å²) >= 11 is 0. The molecule has 1 N–H and O–H groups in total. The second-order valence-corrected chi connectivity index (χ2v) is 5.26. The summed E-state index contributed by atoms with van der Waals surface area (Å²) in [5.41, 5.74) is 0. The minimum Gasteiger partial charge on any atom is -0.478 e.